The highest BCUT2D eigenvalue weighted by Crippen LogP contribution is 2.30. The van der Waals surface area contributed by atoms with Crippen LogP contribution in [0, 0.1) is 11.3 Å². The Morgan fingerprint density at radius 3 is 2.67 bits per heavy atom. The van der Waals surface area contributed by atoms with Crippen molar-refractivity contribution in [1.29, 1.82) is 5.41 Å². The molecule has 1 aliphatic heterocycles. The molecule has 12 heavy (non-hydrogen) atoms. The second kappa shape index (κ2) is 3.35. The van der Waals surface area contributed by atoms with E-state index in [0.717, 1.165) is 0 Å². The number of nitrogens with two attached hydrogens (primary N) is 1. The van der Waals surface area contributed by atoms with Crippen LogP contribution in [0.25, 0.3) is 0 Å². The predicted octanol–water partition coefficient (Wildman–Crippen LogP) is 0.984. The van der Waals surface area contributed by atoms with E-state index < -0.39 is 17.7 Å². The summed E-state index contributed by atoms with van der Waals surface area (Å²) in [6.07, 6.45) is 1.00. The first-order chi connectivity index (χ1) is 5.55. The second-order valence-corrected chi connectivity index (χ2v) is 2.95. The monoisotopic (exact) mass is 178 g/mol. The van der Waals surface area contributed by atoms with Gasteiger partial charge in [-0.05, 0) is 12.8 Å². The minimum atomic E-state index is -3.19. The fraction of sp³-hybridized carbons (Fsp3) is 0.857. The lowest BCUT2D eigenvalue weighted by Gasteiger charge is -2.28. The third-order valence-electron chi connectivity index (χ3n) is 2.03. The van der Waals surface area contributed by atoms with E-state index in [1.807, 2.05) is 0 Å². The number of nitrogens with one attached hydrogen (secondary N) is 1. The van der Waals surface area contributed by atoms with Crippen molar-refractivity contribution in [2.24, 2.45) is 11.7 Å². The van der Waals surface area contributed by atoms with Gasteiger partial charge in [0.1, 0.15) is 0 Å². The number of hydrogen-bond donors (Lipinski definition) is 2. The molecule has 0 aromatic rings. The van der Waals surface area contributed by atoms with Crippen molar-refractivity contribution in [3.05, 3.63) is 0 Å². The average Bonchev–Trinajstić information content (AvgIpc) is 2.06. The van der Waals surface area contributed by atoms with Crippen LogP contribution in [0.4, 0.5) is 8.78 Å². The van der Waals surface area contributed by atoms with Gasteiger partial charge in [-0.3, -0.25) is 5.41 Å². The summed E-state index contributed by atoms with van der Waals surface area (Å²) in [7, 11) is 0. The lowest BCUT2D eigenvalue weighted by Crippen LogP contribution is -2.45. The SMILES string of the molecule is N=C(N)C(F)(F)C1CCCOC1. The fourth-order valence-electron chi connectivity index (χ4n) is 1.25. The third-order valence-corrected chi connectivity index (χ3v) is 2.03. The molecule has 0 aromatic carbocycles. The van der Waals surface area contributed by atoms with Crippen molar-refractivity contribution < 1.29 is 13.5 Å². The maximum atomic E-state index is 13.0. The molecule has 1 unspecified atom stereocenters. The Bertz CT molecular complexity index is 178. The quantitative estimate of drug-likeness (QED) is 0.489. The maximum Gasteiger partial charge on any atom is 0.308 e. The summed E-state index contributed by atoms with van der Waals surface area (Å²) in [6, 6.07) is 0. The van der Waals surface area contributed by atoms with Crippen LogP contribution >= 0.6 is 0 Å². The van der Waals surface area contributed by atoms with Crippen LogP contribution in [0.2, 0.25) is 0 Å². The van der Waals surface area contributed by atoms with E-state index >= 15 is 0 Å². The highest BCUT2D eigenvalue weighted by molar-refractivity contribution is 5.84. The van der Waals surface area contributed by atoms with Crippen LogP contribution < -0.4 is 5.73 Å². The van der Waals surface area contributed by atoms with E-state index in [4.69, 9.17) is 15.9 Å². The van der Waals surface area contributed by atoms with Gasteiger partial charge in [0.25, 0.3) is 0 Å². The van der Waals surface area contributed by atoms with Crippen LogP contribution in [0.5, 0.6) is 0 Å². The zero-order valence-electron chi connectivity index (χ0n) is 6.65. The average molecular weight is 178 g/mol. The summed E-state index contributed by atoms with van der Waals surface area (Å²) >= 11 is 0. The lowest BCUT2D eigenvalue weighted by atomic mass is 9.94. The summed E-state index contributed by atoms with van der Waals surface area (Å²) in [5, 5.41) is 6.71. The topological polar surface area (TPSA) is 59.1 Å². The van der Waals surface area contributed by atoms with Crippen molar-refractivity contribution in [1.82, 2.24) is 0 Å². The van der Waals surface area contributed by atoms with Gasteiger partial charge in [-0.1, -0.05) is 0 Å². The second-order valence-electron chi connectivity index (χ2n) is 2.95. The van der Waals surface area contributed by atoms with Crippen LogP contribution in [0.15, 0.2) is 0 Å². The molecule has 1 fully saturated rings. The summed E-state index contributed by atoms with van der Waals surface area (Å²) in [6.45, 7) is 0.539. The molecule has 1 heterocycles. The number of ether oxygens (including phenoxy) is 1. The first-order valence-corrected chi connectivity index (χ1v) is 3.85. The van der Waals surface area contributed by atoms with Gasteiger partial charge in [-0.15, -0.1) is 0 Å². The zero-order valence-corrected chi connectivity index (χ0v) is 6.65. The number of rotatable bonds is 2. The fourth-order valence-corrected chi connectivity index (χ4v) is 1.25. The van der Waals surface area contributed by atoms with Crippen molar-refractivity contribution in [3.63, 3.8) is 0 Å². The third kappa shape index (κ3) is 1.72. The Morgan fingerprint density at radius 1 is 1.58 bits per heavy atom. The van der Waals surface area contributed by atoms with Gasteiger partial charge in [0, 0.05) is 6.61 Å². The van der Waals surface area contributed by atoms with Crippen LogP contribution in [0.3, 0.4) is 0 Å². The molecule has 0 radical (unpaired) electrons. The van der Waals surface area contributed by atoms with Gasteiger partial charge >= 0.3 is 5.92 Å². The maximum absolute atomic E-state index is 13.0. The van der Waals surface area contributed by atoms with E-state index in [-0.39, 0.29) is 6.61 Å². The molecule has 1 rings (SSSR count). The van der Waals surface area contributed by atoms with Crippen molar-refractivity contribution in [2.75, 3.05) is 13.2 Å². The number of hydrogen-bond acceptors (Lipinski definition) is 2. The van der Waals surface area contributed by atoms with Crippen LogP contribution in [-0.2, 0) is 4.74 Å². The van der Waals surface area contributed by atoms with Gasteiger partial charge in [-0.2, -0.15) is 8.78 Å². The Hall–Kier alpha value is -0.710. The molecule has 3 N–H and O–H groups in total. The molecule has 1 saturated heterocycles. The molecule has 0 bridgehead atoms. The molecule has 0 spiro atoms. The molecule has 3 nitrogen and oxygen atoms in total. The van der Waals surface area contributed by atoms with Gasteiger partial charge in [0.15, 0.2) is 5.84 Å². The van der Waals surface area contributed by atoms with Crippen molar-refractivity contribution >= 4 is 5.84 Å². The minimum absolute atomic E-state index is 0.00653. The normalized spacial score (nSPS) is 25.3. The summed E-state index contributed by atoms with van der Waals surface area (Å²) < 4.78 is 30.9. The molecule has 0 aromatic heterocycles. The smallest absolute Gasteiger partial charge is 0.308 e. The molecule has 5 heteroatoms. The van der Waals surface area contributed by atoms with E-state index in [1.54, 1.807) is 0 Å². The number of alkyl halides is 2. The molecule has 70 valence electrons. The van der Waals surface area contributed by atoms with E-state index in [0.29, 0.717) is 19.4 Å². The lowest BCUT2D eigenvalue weighted by molar-refractivity contribution is -0.0621. The molecular weight excluding hydrogens is 166 g/mol. The Balaban J connectivity index is 2.59. The molecule has 1 atom stereocenters. The van der Waals surface area contributed by atoms with E-state index in [2.05, 4.69) is 0 Å². The molecular formula is C7H12F2N2O. The highest BCUT2D eigenvalue weighted by atomic mass is 19.3. The van der Waals surface area contributed by atoms with Crippen molar-refractivity contribution in [3.8, 4) is 0 Å². The largest absolute Gasteiger partial charge is 0.383 e. The van der Waals surface area contributed by atoms with Gasteiger partial charge in [-0.25, -0.2) is 0 Å². The van der Waals surface area contributed by atoms with Gasteiger partial charge in [0.2, 0.25) is 0 Å². The predicted molar refractivity (Wildman–Crippen MR) is 40.4 cm³/mol. The van der Waals surface area contributed by atoms with Gasteiger partial charge in [0.05, 0.1) is 12.5 Å². The summed E-state index contributed by atoms with van der Waals surface area (Å²) in [5.41, 5.74) is 4.78. The molecule has 0 amide bonds. The standard InChI is InChI=1S/C7H12F2N2O/c8-7(9,6(10)11)5-2-1-3-12-4-5/h5H,1-4H2,(H3,10,11). The Labute approximate surface area is 69.4 Å². The zero-order chi connectivity index (χ0) is 9.19. The minimum Gasteiger partial charge on any atom is -0.383 e. The number of halogens is 2. The number of amidine groups is 1. The Kier molecular flexibility index (Phi) is 2.62. The van der Waals surface area contributed by atoms with E-state index in [1.165, 1.54) is 0 Å². The first kappa shape index (κ1) is 9.38. The Morgan fingerprint density at radius 2 is 2.25 bits per heavy atom. The molecule has 1 aliphatic rings. The summed E-state index contributed by atoms with van der Waals surface area (Å²) in [4.78, 5) is 0. The first-order valence-electron chi connectivity index (χ1n) is 3.85. The highest BCUT2D eigenvalue weighted by Gasteiger charge is 2.43. The van der Waals surface area contributed by atoms with Gasteiger partial charge < -0.3 is 10.5 Å². The van der Waals surface area contributed by atoms with Crippen molar-refractivity contribution in [2.45, 2.75) is 18.8 Å². The van der Waals surface area contributed by atoms with E-state index in [9.17, 15) is 8.78 Å². The van der Waals surface area contributed by atoms with Crippen LogP contribution in [0.1, 0.15) is 12.8 Å². The van der Waals surface area contributed by atoms with Crippen LogP contribution in [-0.4, -0.2) is 25.0 Å². The molecule has 0 aliphatic carbocycles. The molecule has 0 saturated carbocycles. The summed E-state index contributed by atoms with van der Waals surface area (Å²) in [5.74, 6) is -5.16.